The summed E-state index contributed by atoms with van der Waals surface area (Å²) < 4.78 is 25.3. The summed E-state index contributed by atoms with van der Waals surface area (Å²) in [5.74, 6) is 0.0327. The maximum absolute atomic E-state index is 11.9. The van der Waals surface area contributed by atoms with Crippen LogP contribution in [0.3, 0.4) is 0 Å². The van der Waals surface area contributed by atoms with E-state index in [2.05, 4.69) is 15.4 Å². The van der Waals surface area contributed by atoms with Crippen LogP contribution in [0.15, 0.2) is 24.3 Å². The fourth-order valence-electron chi connectivity index (χ4n) is 2.00. The fraction of sp³-hybridized carbons (Fsp3) is 0.462. The molecule has 1 aromatic rings. The van der Waals surface area contributed by atoms with Gasteiger partial charge in [-0.25, -0.2) is 8.42 Å². The molecule has 1 fully saturated rings. The van der Waals surface area contributed by atoms with Gasteiger partial charge in [0.1, 0.15) is 0 Å². The van der Waals surface area contributed by atoms with Gasteiger partial charge in [0.2, 0.25) is 15.9 Å². The molecule has 1 heterocycles. The first kappa shape index (κ1) is 14.8. The smallest absolute Gasteiger partial charge is 0.232 e. The average Bonchev–Trinajstić information content (AvgIpc) is 2.95. The highest BCUT2D eigenvalue weighted by molar-refractivity contribution is 7.92. The number of carbonyl (C=O) groups excluding carboxylic acids is 1. The molecule has 0 radical (unpaired) electrons. The van der Waals surface area contributed by atoms with Crippen molar-refractivity contribution >= 4 is 27.3 Å². The molecule has 1 amide bonds. The van der Waals surface area contributed by atoms with E-state index >= 15 is 0 Å². The van der Waals surface area contributed by atoms with Crippen LogP contribution in [0.2, 0.25) is 0 Å². The molecular formula is C13H19N3O3S. The summed E-state index contributed by atoms with van der Waals surface area (Å²) in [6, 6.07) is 6.65. The van der Waals surface area contributed by atoms with Crippen LogP contribution in [0.4, 0.5) is 11.4 Å². The lowest BCUT2D eigenvalue weighted by atomic mass is 10.1. The van der Waals surface area contributed by atoms with E-state index in [1.54, 1.807) is 31.2 Å². The topological polar surface area (TPSA) is 87.3 Å². The molecule has 1 saturated heterocycles. The first-order chi connectivity index (χ1) is 9.50. The van der Waals surface area contributed by atoms with Gasteiger partial charge in [0.15, 0.2) is 0 Å². The Balaban J connectivity index is 1.96. The third-order valence-electron chi connectivity index (χ3n) is 3.24. The summed E-state index contributed by atoms with van der Waals surface area (Å²) in [7, 11) is -3.27. The summed E-state index contributed by atoms with van der Waals surface area (Å²) in [6.07, 6.45) is 0.847. The number of hydrogen-bond donors (Lipinski definition) is 3. The predicted octanol–water partition coefficient (Wildman–Crippen LogP) is 0.996. The molecule has 0 aromatic heterocycles. The maximum atomic E-state index is 11.9. The number of amides is 1. The van der Waals surface area contributed by atoms with Crippen molar-refractivity contribution in [2.75, 3.05) is 28.9 Å². The van der Waals surface area contributed by atoms with Crippen molar-refractivity contribution in [3.05, 3.63) is 24.3 Å². The lowest BCUT2D eigenvalue weighted by molar-refractivity contribution is -0.119. The lowest BCUT2D eigenvalue weighted by Gasteiger charge is -2.11. The van der Waals surface area contributed by atoms with Crippen molar-refractivity contribution in [2.24, 2.45) is 5.92 Å². The zero-order chi connectivity index (χ0) is 14.6. The molecule has 1 atom stereocenters. The zero-order valence-corrected chi connectivity index (χ0v) is 12.2. The lowest BCUT2D eigenvalue weighted by Crippen LogP contribution is -2.24. The molecular weight excluding hydrogens is 278 g/mol. The molecule has 7 heteroatoms. The van der Waals surface area contributed by atoms with Gasteiger partial charge in [-0.05, 0) is 44.2 Å². The molecule has 0 spiro atoms. The average molecular weight is 297 g/mol. The molecule has 0 bridgehead atoms. The van der Waals surface area contributed by atoms with Crippen LogP contribution in [0.25, 0.3) is 0 Å². The summed E-state index contributed by atoms with van der Waals surface area (Å²) in [5.41, 5.74) is 1.16. The van der Waals surface area contributed by atoms with E-state index in [0.717, 1.165) is 13.0 Å². The van der Waals surface area contributed by atoms with E-state index in [0.29, 0.717) is 17.9 Å². The van der Waals surface area contributed by atoms with E-state index in [-0.39, 0.29) is 17.6 Å². The Morgan fingerprint density at radius 3 is 2.50 bits per heavy atom. The standard InChI is InChI=1S/C13H19N3O3S/c1-2-20(18,19)16-12-5-3-11(4-6-12)15-13(17)10-7-8-14-9-10/h3-6,10,14,16H,2,7-9H2,1H3,(H,15,17). The molecule has 1 unspecified atom stereocenters. The minimum atomic E-state index is -3.27. The molecule has 1 aromatic carbocycles. The van der Waals surface area contributed by atoms with Crippen LogP contribution in [-0.2, 0) is 14.8 Å². The van der Waals surface area contributed by atoms with Gasteiger partial charge in [0.25, 0.3) is 0 Å². The van der Waals surface area contributed by atoms with Crippen molar-refractivity contribution < 1.29 is 13.2 Å². The Labute approximate surface area is 119 Å². The van der Waals surface area contributed by atoms with Crippen LogP contribution in [-0.4, -0.2) is 33.2 Å². The van der Waals surface area contributed by atoms with Crippen LogP contribution in [0.5, 0.6) is 0 Å². The molecule has 2 rings (SSSR count). The van der Waals surface area contributed by atoms with Crippen molar-refractivity contribution in [2.45, 2.75) is 13.3 Å². The fourth-order valence-corrected chi connectivity index (χ4v) is 2.64. The number of anilines is 2. The first-order valence-electron chi connectivity index (χ1n) is 6.62. The molecule has 1 aliphatic rings. The number of rotatable bonds is 5. The van der Waals surface area contributed by atoms with E-state index in [1.807, 2.05) is 0 Å². The first-order valence-corrected chi connectivity index (χ1v) is 8.27. The number of benzene rings is 1. The zero-order valence-electron chi connectivity index (χ0n) is 11.3. The van der Waals surface area contributed by atoms with Gasteiger partial charge in [0.05, 0.1) is 11.7 Å². The van der Waals surface area contributed by atoms with E-state index in [9.17, 15) is 13.2 Å². The Morgan fingerprint density at radius 2 is 1.95 bits per heavy atom. The monoisotopic (exact) mass is 297 g/mol. The quantitative estimate of drug-likeness (QED) is 0.756. The molecule has 3 N–H and O–H groups in total. The summed E-state index contributed by atoms with van der Waals surface area (Å²) >= 11 is 0. The third kappa shape index (κ3) is 3.94. The van der Waals surface area contributed by atoms with E-state index < -0.39 is 10.0 Å². The van der Waals surface area contributed by atoms with Crippen LogP contribution >= 0.6 is 0 Å². The van der Waals surface area contributed by atoms with E-state index in [4.69, 9.17) is 0 Å². The second kappa shape index (κ2) is 6.23. The predicted molar refractivity (Wildman–Crippen MR) is 79.1 cm³/mol. The number of nitrogens with one attached hydrogen (secondary N) is 3. The Morgan fingerprint density at radius 1 is 1.30 bits per heavy atom. The Hall–Kier alpha value is -1.60. The molecule has 20 heavy (non-hydrogen) atoms. The molecule has 0 aliphatic carbocycles. The number of carbonyl (C=O) groups is 1. The summed E-state index contributed by atoms with van der Waals surface area (Å²) in [6.45, 7) is 3.16. The van der Waals surface area contributed by atoms with Crippen molar-refractivity contribution in [3.8, 4) is 0 Å². The maximum Gasteiger partial charge on any atom is 0.232 e. The Kier molecular flexibility index (Phi) is 4.61. The van der Waals surface area contributed by atoms with Gasteiger partial charge >= 0.3 is 0 Å². The van der Waals surface area contributed by atoms with Crippen molar-refractivity contribution in [1.29, 1.82) is 0 Å². The van der Waals surface area contributed by atoms with Crippen LogP contribution in [0.1, 0.15) is 13.3 Å². The van der Waals surface area contributed by atoms with Gasteiger partial charge < -0.3 is 10.6 Å². The number of hydrogen-bond acceptors (Lipinski definition) is 4. The van der Waals surface area contributed by atoms with Gasteiger partial charge in [0, 0.05) is 17.9 Å². The number of sulfonamides is 1. The highest BCUT2D eigenvalue weighted by Crippen LogP contribution is 2.17. The third-order valence-corrected chi connectivity index (χ3v) is 4.54. The van der Waals surface area contributed by atoms with Gasteiger partial charge in [-0.15, -0.1) is 0 Å². The SMILES string of the molecule is CCS(=O)(=O)Nc1ccc(NC(=O)C2CCNC2)cc1. The highest BCUT2D eigenvalue weighted by Gasteiger charge is 2.22. The van der Waals surface area contributed by atoms with E-state index in [1.165, 1.54) is 0 Å². The van der Waals surface area contributed by atoms with Crippen LogP contribution < -0.4 is 15.4 Å². The van der Waals surface area contributed by atoms with Gasteiger partial charge in [-0.3, -0.25) is 9.52 Å². The van der Waals surface area contributed by atoms with Crippen molar-refractivity contribution in [1.82, 2.24) is 5.32 Å². The summed E-state index contributed by atoms with van der Waals surface area (Å²) in [4.78, 5) is 11.9. The molecule has 6 nitrogen and oxygen atoms in total. The van der Waals surface area contributed by atoms with Gasteiger partial charge in [-0.2, -0.15) is 0 Å². The largest absolute Gasteiger partial charge is 0.326 e. The van der Waals surface area contributed by atoms with Gasteiger partial charge in [-0.1, -0.05) is 0 Å². The second-order valence-corrected chi connectivity index (χ2v) is 6.77. The minimum Gasteiger partial charge on any atom is -0.326 e. The minimum absolute atomic E-state index is 0.00288. The van der Waals surface area contributed by atoms with Crippen molar-refractivity contribution in [3.63, 3.8) is 0 Å². The van der Waals surface area contributed by atoms with Crippen LogP contribution in [0, 0.1) is 5.92 Å². The molecule has 0 saturated carbocycles. The normalized spacial score (nSPS) is 18.8. The molecule has 1 aliphatic heterocycles. The second-order valence-electron chi connectivity index (χ2n) is 4.76. The molecule has 110 valence electrons. The highest BCUT2D eigenvalue weighted by atomic mass is 32.2. The summed E-state index contributed by atoms with van der Waals surface area (Å²) in [5, 5.41) is 5.97. The Bertz CT molecular complexity index is 563.